The van der Waals surface area contributed by atoms with E-state index in [9.17, 15) is 18.0 Å². The van der Waals surface area contributed by atoms with Gasteiger partial charge >= 0.3 is 12.1 Å². The van der Waals surface area contributed by atoms with Crippen molar-refractivity contribution in [2.45, 2.75) is 25.6 Å². The molecule has 0 aliphatic carbocycles. The lowest BCUT2D eigenvalue weighted by molar-refractivity contribution is -0.174. The number of benzene rings is 1. The summed E-state index contributed by atoms with van der Waals surface area (Å²) in [6, 6.07) is 5.09. The number of halogens is 4. The number of carbonyl (C=O) groups excluding carboxylic acids is 1. The van der Waals surface area contributed by atoms with Crippen LogP contribution in [0.3, 0.4) is 0 Å². The van der Waals surface area contributed by atoms with Crippen LogP contribution < -0.4 is 10.6 Å². The van der Waals surface area contributed by atoms with E-state index < -0.39 is 18.1 Å². The van der Waals surface area contributed by atoms with Crippen molar-refractivity contribution in [1.82, 2.24) is 10.2 Å². The highest BCUT2D eigenvalue weighted by Gasteiger charge is 2.40. The van der Waals surface area contributed by atoms with Gasteiger partial charge in [-0.3, -0.25) is 4.79 Å². The standard InChI is InChI=1S/C14H15BrF3N3OS/c1-8-6-9(2-3-11(8)15)20-13(23)21-5-4-10(7-21)19-12(22)14(16,17)18/h2-3,6,10H,4-5,7H2,1H3,(H,19,22)(H,20,23). The first kappa shape index (κ1) is 18.0. The van der Waals surface area contributed by atoms with E-state index in [4.69, 9.17) is 12.2 Å². The first-order chi connectivity index (χ1) is 10.7. The molecule has 126 valence electrons. The van der Waals surface area contributed by atoms with Gasteiger partial charge in [-0.15, -0.1) is 0 Å². The largest absolute Gasteiger partial charge is 0.471 e. The molecule has 0 bridgehead atoms. The Balaban J connectivity index is 1.89. The minimum atomic E-state index is -4.86. The van der Waals surface area contributed by atoms with Gasteiger partial charge in [0.25, 0.3) is 0 Å². The fourth-order valence-electron chi connectivity index (χ4n) is 2.25. The lowest BCUT2D eigenvalue weighted by Gasteiger charge is -2.21. The van der Waals surface area contributed by atoms with Crippen LogP contribution in [0.25, 0.3) is 0 Å². The molecule has 1 fully saturated rings. The molecular weight excluding hydrogens is 395 g/mol. The van der Waals surface area contributed by atoms with E-state index in [2.05, 4.69) is 21.2 Å². The van der Waals surface area contributed by atoms with Gasteiger partial charge < -0.3 is 15.5 Å². The zero-order chi connectivity index (χ0) is 17.2. The second kappa shape index (κ2) is 7.04. The molecule has 1 heterocycles. The maximum atomic E-state index is 12.2. The van der Waals surface area contributed by atoms with Gasteiger partial charge in [-0.1, -0.05) is 15.9 Å². The molecule has 1 amide bonds. The Bertz CT molecular complexity index is 624. The molecule has 1 aromatic carbocycles. The average molecular weight is 410 g/mol. The number of likely N-dealkylation sites (tertiary alicyclic amines) is 1. The van der Waals surface area contributed by atoms with Crippen molar-refractivity contribution in [3.8, 4) is 0 Å². The number of carbonyl (C=O) groups is 1. The molecule has 0 saturated carbocycles. The highest BCUT2D eigenvalue weighted by atomic mass is 79.9. The minimum absolute atomic E-state index is 0.253. The van der Waals surface area contributed by atoms with Crippen molar-refractivity contribution in [2.24, 2.45) is 0 Å². The van der Waals surface area contributed by atoms with Crippen LogP contribution in [0.5, 0.6) is 0 Å². The average Bonchev–Trinajstić information content (AvgIpc) is 2.90. The summed E-state index contributed by atoms with van der Waals surface area (Å²) in [5, 5.41) is 5.47. The van der Waals surface area contributed by atoms with Crippen molar-refractivity contribution in [3.05, 3.63) is 28.2 Å². The topological polar surface area (TPSA) is 44.4 Å². The van der Waals surface area contributed by atoms with Crippen LogP contribution in [0.2, 0.25) is 0 Å². The third-order valence-electron chi connectivity index (χ3n) is 3.48. The number of thiocarbonyl (C=S) groups is 1. The van der Waals surface area contributed by atoms with Crippen LogP contribution in [0.4, 0.5) is 18.9 Å². The van der Waals surface area contributed by atoms with Crippen molar-refractivity contribution in [1.29, 1.82) is 0 Å². The van der Waals surface area contributed by atoms with Crippen LogP contribution in [0.1, 0.15) is 12.0 Å². The van der Waals surface area contributed by atoms with E-state index >= 15 is 0 Å². The van der Waals surface area contributed by atoms with Crippen molar-refractivity contribution in [2.75, 3.05) is 18.4 Å². The molecule has 2 rings (SSSR count). The Labute approximate surface area is 145 Å². The SMILES string of the molecule is Cc1cc(NC(=S)N2CCC(NC(=O)C(F)(F)F)C2)ccc1Br. The van der Waals surface area contributed by atoms with Gasteiger partial charge in [0.2, 0.25) is 0 Å². The molecule has 1 unspecified atom stereocenters. The third kappa shape index (κ3) is 4.81. The van der Waals surface area contributed by atoms with Crippen LogP contribution >= 0.6 is 28.1 Å². The molecule has 4 nitrogen and oxygen atoms in total. The summed E-state index contributed by atoms with van der Waals surface area (Å²) in [5.41, 5.74) is 1.84. The predicted octanol–water partition coefficient (Wildman–Crippen LogP) is 3.21. The van der Waals surface area contributed by atoms with Gasteiger partial charge in [0.05, 0.1) is 0 Å². The van der Waals surface area contributed by atoms with Gasteiger partial charge in [0.1, 0.15) is 0 Å². The number of amides is 1. The van der Waals surface area contributed by atoms with E-state index in [1.807, 2.05) is 30.4 Å². The molecule has 1 saturated heterocycles. The second-order valence-corrected chi connectivity index (χ2v) is 6.54. The van der Waals surface area contributed by atoms with Crippen LogP contribution in [0, 0.1) is 6.92 Å². The van der Waals surface area contributed by atoms with Crippen molar-refractivity contribution < 1.29 is 18.0 Å². The lowest BCUT2D eigenvalue weighted by Crippen LogP contribution is -2.45. The summed E-state index contributed by atoms with van der Waals surface area (Å²) >= 11 is 8.69. The Morgan fingerprint density at radius 1 is 1.43 bits per heavy atom. The van der Waals surface area contributed by atoms with Crippen LogP contribution in [-0.4, -0.2) is 41.2 Å². The maximum absolute atomic E-state index is 12.2. The summed E-state index contributed by atoms with van der Waals surface area (Å²) in [5.74, 6) is -1.91. The molecule has 0 radical (unpaired) electrons. The molecule has 2 N–H and O–H groups in total. The molecule has 1 atom stereocenters. The Hall–Kier alpha value is -1.35. The van der Waals surface area contributed by atoms with Gasteiger partial charge in [-0.25, -0.2) is 0 Å². The molecule has 1 aromatic rings. The maximum Gasteiger partial charge on any atom is 0.471 e. The van der Waals surface area contributed by atoms with Gasteiger partial charge in [-0.2, -0.15) is 13.2 Å². The summed E-state index contributed by atoms with van der Waals surface area (Å²) in [6.07, 6.45) is -4.44. The number of anilines is 1. The Morgan fingerprint density at radius 3 is 2.74 bits per heavy atom. The number of hydrogen-bond acceptors (Lipinski definition) is 2. The summed E-state index contributed by atoms with van der Waals surface area (Å²) in [6.45, 7) is 2.68. The monoisotopic (exact) mass is 409 g/mol. The van der Waals surface area contributed by atoms with E-state index in [1.165, 1.54) is 0 Å². The third-order valence-corrected chi connectivity index (χ3v) is 4.73. The van der Waals surface area contributed by atoms with E-state index in [0.29, 0.717) is 18.1 Å². The zero-order valence-corrected chi connectivity index (χ0v) is 14.6. The Kier molecular flexibility index (Phi) is 5.51. The number of aryl methyl sites for hydroxylation is 1. The lowest BCUT2D eigenvalue weighted by atomic mass is 10.2. The zero-order valence-electron chi connectivity index (χ0n) is 12.2. The number of hydrogen-bond donors (Lipinski definition) is 2. The Morgan fingerprint density at radius 2 is 2.13 bits per heavy atom. The molecule has 0 aromatic heterocycles. The first-order valence-electron chi connectivity index (χ1n) is 6.86. The number of nitrogens with zero attached hydrogens (tertiary/aromatic N) is 1. The second-order valence-electron chi connectivity index (χ2n) is 5.30. The summed E-state index contributed by atoms with van der Waals surface area (Å²) in [4.78, 5) is 12.7. The summed E-state index contributed by atoms with van der Waals surface area (Å²) in [7, 11) is 0. The molecular formula is C14H15BrF3N3OS. The number of rotatable bonds is 2. The molecule has 9 heteroatoms. The molecule has 23 heavy (non-hydrogen) atoms. The molecule has 1 aliphatic heterocycles. The quantitative estimate of drug-likeness (QED) is 0.736. The molecule has 0 spiro atoms. The minimum Gasteiger partial charge on any atom is -0.347 e. The highest BCUT2D eigenvalue weighted by molar-refractivity contribution is 9.10. The van der Waals surface area contributed by atoms with Crippen molar-refractivity contribution in [3.63, 3.8) is 0 Å². The summed E-state index contributed by atoms with van der Waals surface area (Å²) < 4.78 is 37.7. The smallest absolute Gasteiger partial charge is 0.347 e. The molecule has 1 aliphatic rings. The van der Waals surface area contributed by atoms with E-state index in [1.54, 1.807) is 4.90 Å². The van der Waals surface area contributed by atoms with Crippen LogP contribution in [-0.2, 0) is 4.79 Å². The number of alkyl halides is 3. The fourth-order valence-corrected chi connectivity index (χ4v) is 2.79. The highest BCUT2D eigenvalue weighted by Crippen LogP contribution is 2.21. The van der Waals surface area contributed by atoms with Gasteiger partial charge in [0, 0.05) is 29.3 Å². The van der Waals surface area contributed by atoms with E-state index in [0.717, 1.165) is 15.7 Å². The van der Waals surface area contributed by atoms with E-state index in [-0.39, 0.29) is 6.54 Å². The van der Waals surface area contributed by atoms with Crippen LogP contribution in [0.15, 0.2) is 22.7 Å². The van der Waals surface area contributed by atoms with Gasteiger partial charge in [0.15, 0.2) is 5.11 Å². The normalized spacial score (nSPS) is 18.0. The van der Waals surface area contributed by atoms with Crippen molar-refractivity contribution >= 4 is 44.9 Å². The predicted molar refractivity (Wildman–Crippen MR) is 89.3 cm³/mol. The first-order valence-corrected chi connectivity index (χ1v) is 8.06. The number of nitrogens with one attached hydrogen (secondary N) is 2. The van der Waals surface area contributed by atoms with Gasteiger partial charge in [-0.05, 0) is 49.3 Å². The fraction of sp³-hybridized carbons (Fsp3) is 0.429.